The van der Waals surface area contributed by atoms with Crippen molar-refractivity contribution in [3.63, 3.8) is 0 Å². The molecule has 0 aromatic rings. The minimum atomic E-state index is -0.555. The largest absolute Gasteiger partial charge is 0.445 e. The average Bonchev–Trinajstić information content (AvgIpc) is 3.10. The summed E-state index contributed by atoms with van der Waals surface area (Å²) in [5.74, 6) is 0. The molecule has 0 rings (SSSR count). The summed E-state index contributed by atoms with van der Waals surface area (Å²) in [6.45, 7) is 7.81. The molecule has 7 nitrogen and oxygen atoms in total. The standard InChI is InChI=1S/C42H85N3O4/c1-4-7-9-11-13-15-17-19-21-23-25-27-29-31-33-35-37-43-41(46)44-38-39-48-45-42(47)49-40(6-3)36-34-32-30-28-26-24-22-20-18-16-14-12-10-8-5-2/h40H,4-39H2,1-3H3,(H,45,47)(H2,43,44,46). The summed E-state index contributed by atoms with van der Waals surface area (Å²) in [4.78, 5) is 29.3. The fourth-order valence-electron chi connectivity index (χ4n) is 6.53. The molecule has 1 unspecified atom stereocenters. The van der Waals surface area contributed by atoms with E-state index in [1.54, 1.807) is 0 Å². The Balaban J connectivity index is 3.44. The molecule has 7 heteroatoms. The lowest BCUT2D eigenvalue weighted by molar-refractivity contribution is 0.0109. The summed E-state index contributed by atoms with van der Waals surface area (Å²) in [5.41, 5.74) is 2.35. The lowest BCUT2D eigenvalue weighted by Gasteiger charge is -2.16. The Kier molecular flexibility index (Phi) is 39.7. The van der Waals surface area contributed by atoms with E-state index in [4.69, 9.17) is 9.57 Å². The average molecular weight is 696 g/mol. The van der Waals surface area contributed by atoms with Crippen molar-refractivity contribution < 1.29 is 19.2 Å². The molecular weight excluding hydrogens is 610 g/mol. The molecule has 0 saturated carbocycles. The number of rotatable bonds is 39. The predicted molar refractivity (Wildman–Crippen MR) is 210 cm³/mol. The monoisotopic (exact) mass is 696 g/mol. The van der Waals surface area contributed by atoms with E-state index in [2.05, 4.69) is 30.0 Å². The maximum Gasteiger partial charge on any atom is 0.431 e. The first-order chi connectivity index (χ1) is 24.1. The topological polar surface area (TPSA) is 88.7 Å². The Morgan fingerprint density at radius 1 is 0.449 bits per heavy atom. The minimum absolute atomic E-state index is 0.0842. The van der Waals surface area contributed by atoms with Gasteiger partial charge in [0.15, 0.2) is 0 Å². The van der Waals surface area contributed by atoms with E-state index in [1.807, 2.05) is 6.92 Å². The van der Waals surface area contributed by atoms with Crippen LogP contribution in [0.5, 0.6) is 0 Å². The lowest BCUT2D eigenvalue weighted by atomic mass is 10.0. The van der Waals surface area contributed by atoms with Crippen molar-refractivity contribution in [2.45, 2.75) is 239 Å². The molecule has 0 aromatic carbocycles. The highest BCUT2D eigenvalue weighted by Crippen LogP contribution is 2.16. The fraction of sp³-hybridized carbons (Fsp3) is 0.952. The number of carbonyl (C=O) groups excluding carboxylic acids is 2. The highest BCUT2D eigenvalue weighted by atomic mass is 16.7. The van der Waals surface area contributed by atoms with Crippen LogP contribution in [0, 0.1) is 0 Å². The molecule has 0 aliphatic rings. The Labute approximate surface area is 305 Å². The Morgan fingerprint density at radius 3 is 1.18 bits per heavy atom. The third-order valence-electron chi connectivity index (χ3n) is 9.82. The van der Waals surface area contributed by atoms with Crippen molar-refractivity contribution in [1.29, 1.82) is 0 Å². The van der Waals surface area contributed by atoms with Gasteiger partial charge in [-0.25, -0.2) is 9.59 Å². The van der Waals surface area contributed by atoms with Crippen LogP contribution in [0.25, 0.3) is 0 Å². The van der Waals surface area contributed by atoms with Gasteiger partial charge in [0.1, 0.15) is 6.10 Å². The van der Waals surface area contributed by atoms with Gasteiger partial charge in [-0.15, -0.1) is 0 Å². The van der Waals surface area contributed by atoms with E-state index in [1.165, 1.54) is 180 Å². The number of nitrogens with one attached hydrogen (secondary N) is 3. The molecule has 1 atom stereocenters. The van der Waals surface area contributed by atoms with Gasteiger partial charge in [0.25, 0.3) is 0 Å². The van der Waals surface area contributed by atoms with Crippen LogP contribution in [0.3, 0.4) is 0 Å². The molecular formula is C42H85N3O4. The quantitative estimate of drug-likeness (QED) is 0.0441. The Bertz CT molecular complexity index is 678. The van der Waals surface area contributed by atoms with Crippen LogP contribution in [0.4, 0.5) is 9.59 Å². The van der Waals surface area contributed by atoms with E-state index < -0.39 is 6.09 Å². The van der Waals surface area contributed by atoms with Crippen molar-refractivity contribution in [3.8, 4) is 0 Å². The molecule has 3 amide bonds. The minimum Gasteiger partial charge on any atom is -0.445 e. The maximum atomic E-state index is 12.1. The van der Waals surface area contributed by atoms with E-state index in [-0.39, 0.29) is 18.7 Å². The molecule has 49 heavy (non-hydrogen) atoms. The number of ether oxygens (including phenoxy) is 1. The van der Waals surface area contributed by atoms with Crippen LogP contribution < -0.4 is 16.1 Å². The first-order valence-electron chi connectivity index (χ1n) is 21.7. The summed E-state index contributed by atoms with van der Waals surface area (Å²) >= 11 is 0. The van der Waals surface area contributed by atoms with Crippen LogP contribution in [0.1, 0.15) is 233 Å². The van der Waals surface area contributed by atoms with Crippen LogP contribution >= 0.6 is 0 Å². The van der Waals surface area contributed by atoms with Crippen LogP contribution in [-0.4, -0.2) is 37.9 Å². The number of hydroxylamine groups is 1. The van der Waals surface area contributed by atoms with Crippen LogP contribution in [-0.2, 0) is 9.57 Å². The number of hydrogen-bond acceptors (Lipinski definition) is 4. The van der Waals surface area contributed by atoms with Gasteiger partial charge in [-0.1, -0.05) is 207 Å². The molecule has 0 spiro atoms. The number of amides is 3. The van der Waals surface area contributed by atoms with E-state index in [0.717, 1.165) is 32.1 Å². The Morgan fingerprint density at radius 2 is 0.796 bits per heavy atom. The first-order valence-corrected chi connectivity index (χ1v) is 21.7. The Hall–Kier alpha value is -1.50. The van der Waals surface area contributed by atoms with Gasteiger partial charge in [0.2, 0.25) is 0 Å². The van der Waals surface area contributed by atoms with Crippen molar-refractivity contribution in [2.75, 3.05) is 19.7 Å². The van der Waals surface area contributed by atoms with Crippen LogP contribution in [0.15, 0.2) is 0 Å². The lowest BCUT2D eigenvalue weighted by Crippen LogP contribution is -2.39. The molecule has 0 aliphatic heterocycles. The summed E-state index contributed by atoms with van der Waals surface area (Å²) in [6, 6.07) is -0.193. The van der Waals surface area contributed by atoms with Crippen LogP contribution in [0.2, 0.25) is 0 Å². The zero-order chi connectivity index (χ0) is 35.7. The van der Waals surface area contributed by atoms with Crippen molar-refractivity contribution >= 4 is 12.1 Å². The third-order valence-corrected chi connectivity index (χ3v) is 9.82. The summed E-state index contributed by atoms with van der Waals surface area (Å²) in [6.07, 6.45) is 42.8. The van der Waals surface area contributed by atoms with Gasteiger partial charge >= 0.3 is 12.1 Å². The van der Waals surface area contributed by atoms with Gasteiger partial charge < -0.3 is 15.4 Å². The number of carbonyl (C=O) groups is 2. The fourth-order valence-corrected chi connectivity index (χ4v) is 6.53. The molecule has 3 N–H and O–H groups in total. The third kappa shape index (κ3) is 39.1. The van der Waals surface area contributed by atoms with Gasteiger partial charge in [0, 0.05) is 13.1 Å². The maximum absolute atomic E-state index is 12.1. The van der Waals surface area contributed by atoms with Gasteiger partial charge in [0.05, 0.1) is 6.61 Å². The zero-order valence-electron chi connectivity index (χ0n) is 33.2. The summed E-state index contributed by atoms with van der Waals surface area (Å²) in [5, 5.41) is 5.67. The van der Waals surface area contributed by atoms with E-state index in [0.29, 0.717) is 13.1 Å². The molecule has 0 saturated heterocycles. The van der Waals surface area contributed by atoms with Gasteiger partial charge in [-0.3, -0.25) is 4.84 Å². The molecule has 0 aliphatic carbocycles. The normalized spacial score (nSPS) is 11.8. The molecule has 0 aromatic heterocycles. The van der Waals surface area contributed by atoms with E-state index >= 15 is 0 Å². The highest BCUT2D eigenvalue weighted by Gasteiger charge is 2.12. The summed E-state index contributed by atoms with van der Waals surface area (Å²) < 4.78 is 5.51. The first kappa shape index (κ1) is 47.5. The van der Waals surface area contributed by atoms with Gasteiger partial charge in [-0.2, -0.15) is 5.48 Å². The summed E-state index contributed by atoms with van der Waals surface area (Å²) in [7, 11) is 0. The van der Waals surface area contributed by atoms with Crippen molar-refractivity contribution in [2.24, 2.45) is 0 Å². The number of unbranched alkanes of at least 4 members (excludes halogenated alkanes) is 29. The van der Waals surface area contributed by atoms with Crippen molar-refractivity contribution in [3.05, 3.63) is 0 Å². The second kappa shape index (κ2) is 40.9. The van der Waals surface area contributed by atoms with E-state index in [9.17, 15) is 9.59 Å². The molecule has 0 fully saturated rings. The SMILES string of the molecule is CCCCCCCCCCCCCCCCCCNC(=O)NCCONC(=O)OC(CC)CCCCCCCCCCCCCCCCC. The second-order valence-corrected chi connectivity index (χ2v) is 14.6. The smallest absolute Gasteiger partial charge is 0.431 e. The predicted octanol–water partition coefficient (Wildman–Crippen LogP) is 13.2. The molecule has 0 radical (unpaired) electrons. The molecule has 0 bridgehead atoms. The molecule has 292 valence electrons. The number of urea groups is 1. The van der Waals surface area contributed by atoms with Crippen molar-refractivity contribution in [1.82, 2.24) is 16.1 Å². The zero-order valence-corrected chi connectivity index (χ0v) is 33.2. The molecule has 0 heterocycles. The highest BCUT2D eigenvalue weighted by molar-refractivity contribution is 5.73. The number of hydrogen-bond donors (Lipinski definition) is 3. The van der Waals surface area contributed by atoms with Gasteiger partial charge in [-0.05, 0) is 25.7 Å². The second-order valence-electron chi connectivity index (χ2n) is 14.6.